The van der Waals surface area contributed by atoms with E-state index in [0.29, 0.717) is 12.6 Å². The van der Waals surface area contributed by atoms with Gasteiger partial charge in [0.05, 0.1) is 11.9 Å². The molecule has 3 nitrogen and oxygen atoms in total. The van der Waals surface area contributed by atoms with Gasteiger partial charge < -0.3 is 10.0 Å². The Bertz CT molecular complexity index is 227. The molecule has 0 radical (unpaired) electrons. The van der Waals surface area contributed by atoms with Crippen LogP contribution in [0.2, 0.25) is 0 Å². The standard InChI is InChI=1S/C12H23NO2S/c1-9(2)11(16)12(15)13(7-8-14)10-5-3-4-6-10/h9-11,14,16H,3-8H2,1-2H3. The number of carbonyl (C=O) groups is 1. The molecule has 1 aliphatic carbocycles. The molecule has 1 rings (SSSR count). The largest absolute Gasteiger partial charge is 0.395 e. The number of carbonyl (C=O) groups excluding carboxylic acids is 1. The maximum Gasteiger partial charge on any atom is 0.236 e. The van der Waals surface area contributed by atoms with E-state index in [-0.39, 0.29) is 23.7 Å². The predicted molar refractivity (Wildman–Crippen MR) is 68.7 cm³/mol. The maximum atomic E-state index is 12.2. The van der Waals surface area contributed by atoms with Crippen LogP contribution in [-0.2, 0) is 4.79 Å². The summed E-state index contributed by atoms with van der Waals surface area (Å²) < 4.78 is 0. The van der Waals surface area contributed by atoms with Crippen molar-refractivity contribution in [3.8, 4) is 0 Å². The molecular formula is C12H23NO2S. The van der Waals surface area contributed by atoms with E-state index in [0.717, 1.165) is 12.8 Å². The quantitative estimate of drug-likeness (QED) is 0.724. The molecule has 4 heteroatoms. The van der Waals surface area contributed by atoms with Crippen LogP contribution in [0, 0.1) is 5.92 Å². The van der Waals surface area contributed by atoms with Gasteiger partial charge in [-0.25, -0.2) is 0 Å². The predicted octanol–water partition coefficient (Wildman–Crippen LogP) is 1.70. The number of aliphatic hydroxyl groups excluding tert-OH is 1. The first-order valence-electron chi connectivity index (χ1n) is 6.17. The summed E-state index contributed by atoms with van der Waals surface area (Å²) >= 11 is 4.37. The van der Waals surface area contributed by atoms with Crippen molar-refractivity contribution in [2.24, 2.45) is 5.92 Å². The first-order valence-corrected chi connectivity index (χ1v) is 6.69. The van der Waals surface area contributed by atoms with E-state index in [1.54, 1.807) is 0 Å². The third kappa shape index (κ3) is 3.39. The van der Waals surface area contributed by atoms with Crippen LogP contribution in [0.3, 0.4) is 0 Å². The van der Waals surface area contributed by atoms with Crippen molar-refractivity contribution >= 4 is 18.5 Å². The van der Waals surface area contributed by atoms with Crippen LogP contribution in [-0.4, -0.2) is 40.4 Å². The fraction of sp³-hybridized carbons (Fsp3) is 0.917. The van der Waals surface area contributed by atoms with Crippen molar-refractivity contribution < 1.29 is 9.90 Å². The van der Waals surface area contributed by atoms with Crippen LogP contribution >= 0.6 is 12.6 Å². The molecule has 1 atom stereocenters. The van der Waals surface area contributed by atoms with E-state index in [2.05, 4.69) is 12.6 Å². The minimum atomic E-state index is -0.243. The van der Waals surface area contributed by atoms with Gasteiger partial charge in [-0.1, -0.05) is 26.7 Å². The van der Waals surface area contributed by atoms with Crippen LogP contribution in [0.25, 0.3) is 0 Å². The molecule has 0 heterocycles. The number of aliphatic hydroxyl groups is 1. The molecule has 1 aliphatic rings. The minimum absolute atomic E-state index is 0.0425. The van der Waals surface area contributed by atoms with Crippen LogP contribution in [0.1, 0.15) is 39.5 Å². The average Bonchev–Trinajstić information content (AvgIpc) is 2.76. The summed E-state index contributed by atoms with van der Waals surface area (Å²) in [5.74, 6) is 0.317. The zero-order valence-electron chi connectivity index (χ0n) is 10.2. The lowest BCUT2D eigenvalue weighted by molar-refractivity contribution is -0.134. The normalized spacial score (nSPS) is 19.1. The van der Waals surface area contributed by atoms with Crippen molar-refractivity contribution in [1.82, 2.24) is 4.90 Å². The highest BCUT2D eigenvalue weighted by Gasteiger charge is 2.30. The lowest BCUT2D eigenvalue weighted by Gasteiger charge is -2.31. The number of amides is 1. The van der Waals surface area contributed by atoms with E-state index in [1.807, 2.05) is 18.7 Å². The SMILES string of the molecule is CC(C)C(S)C(=O)N(CCO)C1CCCC1. The van der Waals surface area contributed by atoms with Crippen LogP contribution in [0.4, 0.5) is 0 Å². The molecule has 94 valence electrons. The molecule has 1 fully saturated rings. The van der Waals surface area contributed by atoms with E-state index in [1.165, 1.54) is 12.8 Å². The third-order valence-electron chi connectivity index (χ3n) is 3.27. The molecule has 0 spiro atoms. The summed E-state index contributed by atoms with van der Waals surface area (Å²) in [7, 11) is 0. The second-order valence-corrected chi connectivity index (χ2v) is 5.44. The zero-order chi connectivity index (χ0) is 12.1. The van der Waals surface area contributed by atoms with Crippen molar-refractivity contribution in [1.29, 1.82) is 0 Å². The molecule has 1 N–H and O–H groups in total. The Kier molecular flexibility index (Phi) is 5.62. The first kappa shape index (κ1) is 13.8. The fourth-order valence-corrected chi connectivity index (χ4v) is 2.40. The molecule has 0 saturated heterocycles. The molecule has 1 amide bonds. The fourth-order valence-electron chi connectivity index (χ4n) is 2.25. The zero-order valence-corrected chi connectivity index (χ0v) is 11.1. The topological polar surface area (TPSA) is 40.5 Å². The number of hydrogen-bond donors (Lipinski definition) is 2. The molecular weight excluding hydrogens is 222 g/mol. The Morgan fingerprint density at radius 3 is 2.44 bits per heavy atom. The summed E-state index contributed by atoms with van der Waals surface area (Å²) in [6.45, 7) is 4.50. The van der Waals surface area contributed by atoms with E-state index >= 15 is 0 Å². The second kappa shape index (κ2) is 6.50. The van der Waals surface area contributed by atoms with Gasteiger partial charge in [0.2, 0.25) is 5.91 Å². The van der Waals surface area contributed by atoms with Crippen LogP contribution in [0.15, 0.2) is 0 Å². The highest BCUT2D eigenvalue weighted by molar-refractivity contribution is 7.81. The summed E-state index contributed by atoms with van der Waals surface area (Å²) in [4.78, 5) is 14.0. The molecule has 0 aromatic carbocycles. The minimum Gasteiger partial charge on any atom is -0.395 e. The molecule has 0 bridgehead atoms. The van der Waals surface area contributed by atoms with Gasteiger partial charge in [-0.3, -0.25) is 4.79 Å². The average molecular weight is 245 g/mol. The van der Waals surface area contributed by atoms with Crippen molar-refractivity contribution in [2.45, 2.75) is 50.8 Å². The highest BCUT2D eigenvalue weighted by Crippen LogP contribution is 2.25. The van der Waals surface area contributed by atoms with Gasteiger partial charge in [-0.2, -0.15) is 12.6 Å². The molecule has 1 saturated carbocycles. The van der Waals surface area contributed by atoms with Crippen LogP contribution in [0.5, 0.6) is 0 Å². The van der Waals surface area contributed by atoms with Gasteiger partial charge in [0.1, 0.15) is 0 Å². The summed E-state index contributed by atoms with van der Waals surface area (Å²) in [6.07, 6.45) is 4.53. The van der Waals surface area contributed by atoms with Gasteiger partial charge in [0.15, 0.2) is 0 Å². The van der Waals surface area contributed by atoms with Crippen molar-refractivity contribution in [2.75, 3.05) is 13.2 Å². The molecule has 16 heavy (non-hydrogen) atoms. The molecule has 0 aromatic rings. The van der Waals surface area contributed by atoms with Crippen LogP contribution < -0.4 is 0 Å². The van der Waals surface area contributed by atoms with Gasteiger partial charge >= 0.3 is 0 Å². The Labute approximate surface area is 104 Å². The van der Waals surface area contributed by atoms with Crippen molar-refractivity contribution in [3.63, 3.8) is 0 Å². The molecule has 1 unspecified atom stereocenters. The first-order chi connectivity index (χ1) is 7.57. The van der Waals surface area contributed by atoms with Gasteiger partial charge in [-0.15, -0.1) is 0 Å². The third-order valence-corrected chi connectivity index (χ3v) is 4.09. The molecule has 0 aromatic heterocycles. The summed E-state index contributed by atoms with van der Waals surface area (Å²) in [5, 5.41) is 8.80. The lowest BCUT2D eigenvalue weighted by atomic mass is 10.1. The number of rotatable bonds is 5. The Balaban J connectivity index is 2.64. The maximum absolute atomic E-state index is 12.2. The number of nitrogens with zero attached hydrogens (tertiary/aromatic N) is 1. The van der Waals surface area contributed by atoms with E-state index in [9.17, 15) is 4.79 Å². The number of hydrogen-bond acceptors (Lipinski definition) is 3. The lowest BCUT2D eigenvalue weighted by Crippen LogP contribution is -2.45. The Morgan fingerprint density at radius 2 is 2.00 bits per heavy atom. The highest BCUT2D eigenvalue weighted by atomic mass is 32.1. The van der Waals surface area contributed by atoms with Gasteiger partial charge in [0.25, 0.3) is 0 Å². The van der Waals surface area contributed by atoms with E-state index < -0.39 is 0 Å². The van der Waals surface area contributed by atoms with Crippen molar-refractivity contribution in [3.05, 3.63) is 0 Å². The van der Waals surface area contributed by atoms with Gasteiger partial charge in [-0.05, 0) is 18.8 Å². The smallest absolute Gasteiger partial charge is 0.236 e. The summed E-state index contributed by atoms with van der Waals surface area (Å²) in [6, 6.07) is 0.327. The Hall–Kier alpha value is -0.220. The summed E-state index contributed by atoms with van der Waals surface area (Å²) in [5.41, 5.74) is 0. The monoisotopic (exact) mass is 245 g/mol. The van der Waals surface area contributed by atoms with E-state index in [4.69, 9.17) is 5.11 Å². The molecule has 0 aliphatic heterocycles. The Morgan fingerprint density at radius 1 is 1.44 bits per heavy atom. The number of thiol groups is 1. The van der Waals surface area contributed by atoms with Gasteiger partial charge in [0, 0.05) is 12.6 Å². The second-order valence-electron chi connectivity index (χ2n) is 4.88.